The first-order valence-electron chi connectivity index (χ1n) is 11.5. The van der Waals surface area contributed by atoms with Gasteiger partial charge in [-0.1, -0.05) is 27.7 Å². The number of amides is 5. The molecule has 1 saturated heterocycles. The Morgan fingerprint density at radius 1 is 0.972 bits per heavy atom. The van der Waals surface area contributed by atoms with Gasteiger partial charge in [-0.25, -0.2) is 4.79 Å². The third-order valence-electron chi connectivity index (χ3n) is 5.15. The molecule has 0 bridgehead atoms. The third-order valence-corrected chi connectivity index (χ3v) is 6.29. The van der Waals surface area contributed by atoms with Gasteiger partial charge >= 0.3 is 5.97 Å². The number of rotatable bonds is 13. The summed E-state index contributed by atoms with van der Waals surface area (Å²) >= 11 is 0. The molecule has 0 aliphatic carbocycles. The number of imide groups is 1. The lowest BCUT2D eigenvalue weighted by Crippen LogP contribution is -2.54. The molecular formula is C21H34N4O10S. The van der Waals surface area contributed by atoms with Crippen LogP contribution in [0.5, 0.6) is 0 Å². The van der Waals surface area contributed by atoms with Gasteiger partial charge in [0.25, 0.3) is 21.9 Å². The Morgan fingerprint density at radius 3 is 2.00 bits per heavy atom. The highest BCUT2D eigenvalue weighted by Gasteiger charge is 2.39. The van der Waals surface area contributed by atoms with E-state index >= 15 is 0 Å². The summed E-state index contributed by atoms with van der Waals surface area (Å²) < 4.78 is 32.8. The van der Waals surface area contributed by atoms with Gasteiger partial charge in [-0.3, -0.25) is 28.5 Å². The van der Waals surface area contributed by atoms with Crippen LogP contribution in [0.25, 0.3) is 0 Å². The quantitative estimate of drug-likeness (QED) is 0.168. The lowest BCUT2D eigenvalue weighted by atomic mass is 10.0. The van der Waals surface area contributed by atoms with Crippen LogP contribution in [0.15, 0.2) is 0 Å². The topological polar surface area (TPSA) is 205 Å². The normalized spacial score (nSPS) is 16.5. The van der Waals surface area contributed by atoms with E-state index in [9.17, 15) is 41.7 Å². The molecule has 0 saturated carbocycles. The minimum Gasteiger partial charge on any atom is -0.354 e. The van der Waals surface area contributed by atoms with E-state index in [0.29, 0.717) is 6.54 Å². The lowest BCUT2D eigenvalue weighted by Gasteiger charge is -2.24. The van der Waals surface area contributed by atoms with Crippen LogP contribution < -0.4 is 16.0 Å². The van der Waals surface area contributed by atoms with E-state index < -0.39 is 81.7 Å². The molecule has 1 fully saturated rings. The first-order chi connectivity index (χ1) is 16.5. The zero-order valence-corrected chi connectivity index (χ0v) is 21.7. The number of carbonyl (C=O) groups excluding carboxylic acids is 6. The van der Waals surface area contributed by atoms with Crippen LogP contribution in [0.1, 0.15) is 60.3 Å². The van der Waals surface area contributed by atoms with E-state index in [2.05, 4.69) is 20.8 Å². The average Bonchev–Trinajstić information content (AvgIpc) is 3.06. The summed E-state index contributed by atoms with van der Waals surface area (Å²) in [5, 5.41) is 5.46. The van der Waals surface area contributed by atoms with Crippen LogP contribution in [0.4, 0.5) is 0 Å². The zero-order valence-electron chi connectivity index (χ0n) is 20.9. The number of carbonyl (C=O) groups is 6. The first-order valence-corrected chi connectivity index (χ1v) is 13.0. The van der Waals surface area contributed by atoms with Gasteiger partial charge in [0.1, 0.15) is 12.1 Å². The molecule has 1 heterocycles. The Kier molecular flexibility index (Phi) is 11.4. The lowest BCUT2D eigenvalue weighted by molar-refractivity contribution is -0.197. The number of hydroxylamine groups is 2. The molecule has 4 N–H and O–H groups in total. The van der Waals surface area contributed by atoms with E-state index in [1.165, 1.54) is 6.92 Å². The van der Waals surface area contributed by atoms with Crippen molar-refractivity contribution in [3.8, 4) is 0 Å². The van der Waals surface area contributed by atoms with Gasteiger partial charge in [-0.2, -0.15) is 8.42 Å². The molecule has 5 amide bonds. The summed E-state index contributed by atoms with van der Waals surface area (Å²) in [6.07, 6.45) is -1.81. The molecule has 1 rings (SSSR count). The molecule has 0 aromatic rings. The van der Waals surface area contributed by atoms with Crippen LogP contribution in [-0.2, 0) is 43.7 Å². The van der Waals surface area contributed by atoms with E-state index in [0.717, 1.165) is 0 Å². The Balaban J connectivity index is 2.76. The zero-order chi connectivity index (χ0) is 27.8. The fourth-order valence-corrected chi connectivity index (χ4v) is 3.77. The molecule has 0 aromatic heterocycles. The second-order valence-electron chi connectivity index (χ2n) is 9.19. The summed E-state index contributed by atoms with van der Waals surface area (Å²) in [4.78, 5) is 77.1. The standard InChI is InChI=1S/C21H34N4O10S/c1-11(2)10-22-19(29)13(5)23-20(30)18(12(3)4)24-15(26)7-6-14(36(32,33)34)21(31)35-25-16(27)8-9-17(25)28/h11-14,18H,6-10H2,1-5H3,(H,22,29)(H,23,30)(H,24,26)(H,32,33,34)/t13-,14?,18-/m0/s1. The van der Waals surface area contributed by atoms with Crippen molar-refractivity contribution in [2.45, 2.75) is 77.6 Å². The fraction of sp³-hybridized carbons (Fsp3) is 0.714. The molecule has 3 atom stereocenters. The summed E-state index contributed by atoms with van der Waals surface area (Å²) in [5.41, 5.74) is 0. The van der Waals surface area contributed by atoms with Crippen molar-refractivity contribution in [1.29, 1.82) is 0 Å². The number of hydrogen-bond donors (Lipinski definition) is 4. The van der Waals surface area contributed by atoms with E-state index in [1.54, 1.807) is 13.8 Å². The molecule has 15 heteroatoms. The van der Waals surface area contributed by atoms with Crippen LogP contribution in [0, 0.1) is 11.8 Å². The van der Waals surface area contributed by atoms with Crippen LogP contribution in [-0.4, -0.2) is 77.4 Å². The van der Waals surface area contributed by atoms with Crippen LogP contribution in [0.3, 0.4) is 0 Å². The largest absolute Gasteiger partial charge is 0.354 e. The molecule has 36 heavy (non-hydrogen) atoms. The van der Waals surface area contributed by atoms with Gasteiger partial charge in [0.2, 0.25) is 17.7 Å². The van der Waals surface area contributed by atoms with Gasteiger partial charge < -0.3 is 20.8 Å². The maximum Gasteiger partial charge on any atom is 0.353 e. The molecule has 1 aliphatic heterocycles. The predicted molar refractivity (Wildman–Crippen MR) is 124 cm³/mol. The fourth-order valence-electron chi connectivity index (χ4n) is 3.06. The highest BCUT2D eigenvalue weighted by Crippen LogP contribution is 2.16. The number of hydrogen-bond acceptors (Lipinski definition) is 9. The molecular weight excluding hydrogens is 500 g/mol. The van der Waals surface area contributed by atoms with Crippen LogP contribution in [0.2, 0.25) is 0 Å². The Labute approximate surface area is 209 Å². The maximum absolute atomic E-state index is 12.6. The van der Waals surface area contributed by atoms with Crippen molar-refractivity contribution < 1.29 is 46.6 Å². The van der Waals surface area contributed by atoms with Crippen molar-refractivity contribution in [2.75, 3.05) is 6.54 Å². The molecule has 0 aromatic carbocycles. The van der Waals surface area contributed by atoms with Gasteiger partial charge in [-0.05, 0) is 25.2 Å². The Morgan fingerprint density at radius 2 is 1.53 bits per heavy atom. The van der Waals surface area contributed by atoms with E-state index in [1.807, 2.05) is 13.8 Å². The number of nitrogens with zero attached hydrogens (tertiary/aromatic N) is 1. The average molecular weight is 535 g/mol. The molecule has 1 unspecified atom stereocenters. The molecule has 204 valence electrons. The Hall–Kier alpha value is -3.07. The summed E-state index contributed by atoms with van der Waals surface area (Å²) in [6.45, 7) is 8.98. The van der Waals surface area contributed by atoms with E-state index in [4.69, 9.17) is 0 Å². The number of nitrogens with one attached hydrogen (secondary N) is 3. The second-order valence-corrected chi connectivity index (χ2v) is 10.8. The maximum atomic E-state index is 12.6. The Bertz CT molecular complexity index is 963. The summed E-state index contributed by atoms with van der Waals surface area (Å²) in [6, 6.07) is -1.97. The highest BCUT2D eigenvalue weighted by molar-refractivity contribution is 7.87. The molecule has 1 aliphatic rings. The summed E-state index contributed by atoms with van der Waals surface area (Å²) in [5.74, 6) is -5.40. The SMILES string of the molecule is CC(C)CNC(=O)[C@H](C)NC(=O)[C@@H](NC(=O)CCC(C(=O)ON1C(=O)CCC1=O)S(=O)(=O)O)C(C)C. The third kappa shape index (κ3) is 9.53. The van der Waals surface area contributed by atoms with Crippen molar-refractivity contribution in [2.24, 2.45) is 11.8 Å². The smallest absolute Gasteiger partial charge is 0.353 e. The van der Waals surface area contributed by atoms with E-state index in [-0.39, 0.29) is 23.8 Å². The predicted octanol–water partition coefficient (Wildman–Crippen LogP) is -0.952. The van der Waals surface area contributed by atoms with Crippen molar-refractivity contribution >= 4 is 45.6 Å². The molecule has 0 spiro atoms. The minimum atomic E-state index is -5.06. The molecule has 14 nitrogen and oxygen atoms in total. The summed E-state index contributed by atoms with van der Waals surface area (Å²) in [7, 11) is -5.06. The van der Waals surface area contributed by atoms with Gasteiger partial charge in [-0.15, -0.1) is 5.06 Å². The van der Waals surface area contributed by atoms with Crippen LogP contribution >= 0.6 is 0 Å². The first kappa shape index (κ1) is 31.0. The molecule has 0 radical (unpaired) electrons. The van der Waals surface area contributed by atoms with Gasteiger partial charge in [0.15, 0.2) is 5.25 Å². The second kappa shape index (κ2) is 13.3. The van der Waals surface area contributed by atoms with Gasteiger partial charge in [0, 0.05) is 25.8 Å². The van der Waals surface area contributed by atoms with Gasteiger partial charge in [0.05, 0.1) is 0 Å². The van der Waals surface area contributed by atoms with Crippen molar-refractivity contribution in [3.05, 3.63) is 0 Å². The highest BCUT2D eigenvalue weighted by atomic mass is 32.2. The monoisotopic (exact) mass is 534 g/mol. The van der Waals surface area contributed by atoms with Crippen molar-refractivity contribution in [3.63, 3.8) is 0 Å². The minimum absolute atomic E-state index is 0.123. The van der Waals surface area contributed by atoms with Crippen molar-refractivity contribution in [1.82, 2.24) is 21.0 Å².